The molecule has 0 bridgehead atoms. The van der Waals surface area contributed by atoms with E-state index in [0.29, 0.717) is 0 Å². The van der Waals surface area contributed by atoms with Gasteiger partial charge in [0, 0.05) is 17.1 Å². The first-order valence-corrected chi connectivity index (χ1v) is 14.9. The topological polar surface area (TPSA) is 3.24 Å². The molecule has 0 N–H and O–H groups in total. The summed E-state index contributed by atoms with van der Waals surface area (Å²) in [4.78, 5) is 2.39. The van der Waals surface area contributed by atoms with Gasteiger partial charge in [0.05, 0.1) is 5.41 Å². The monoisotopic (exact) mass is 541 g/mol. The van der Waals surface area contributed by atoms with Crippen LogP contribution in [0.2, 0.25) is 0 Å². The van der Waals surface area contributed by atoms with Gasteiger partial charge in [-0.05, 0) is 109 Å². The summed E-state index contributed by atoms with van der Waals surface area (Å²) < 4.78 is 0. The third-order valence-corrected chi connectivity index (χ3v) is 8.93. The summed E-state index contributed by atoms with van der Waals surface area (Å²) in [5, 5.41) is 0. The average Bonchev–Trinajstić information content (AvgIpc) is 3.48. The van der Waals surface area contributed by atoms with Crippen molar-refractivity contribution >= 4 is 22.6 Å². The maximum Gasteiger partial charge on any atom is 0.0723 e. The van der Waals surface area contributed by atoms with E-state index in [2.05, 4.69) is 172 Å². The molecule has 0 heterocycles. The third-order valence-electron chi connectivity index (χ3n) is 8.93. The molecule has 5 aromatic carbocycles. The number of benzene rings is 5. The van der Waals surface area contributed by atoms with Crippen molar-refractivity contribution in [1.82, 2.24) is 0 Å². The summed E-state index contributed by atoms with van der Waals surface area (Å²) >= 11 is 0. The molecule has 0 saturated heterocycles. The first-order valence-electron chi connectivity index (χ1n) is 14.9. The van der Waals surface area contributed by atoms with Gasteiger partial charge in [-0.3, -0.25) is 0 Å². The summed E-state index contributed by atoms with van der Waals surface area (Å²) in [7, 11) is 0. The van der Waals surface area contributed by atoms with Gasteiger partial charge in [0.1, 0.15) is 0 Å². The minimum absolute atomic E-state index is 0.382. The largest absolute Gasteiger partial charge is 0.310 e. The Balaban J connectivity index is 1.56. The number of allylic oxidation sites excluding steroid dienone is 6. The summed E-state index contributed by atoms with van der Waals surface area (Å²) in [6.07, 6.45) is 8.93. The van der Waals surface area contributed by atoms with Crippen LogP contribution in [0.3, 0.4) is 0 Å². The van der Waals surface area contributed by atoms with Crippen molar-refractivity contribution in [3.63, 3.8) is 0 Å². The van der Waals surface area contributed by atoms with Gasteiger partial charge < -0.3 is 4.90 Å². The standard InChI is InChI=1S/C41H35N/c1-5-7-12-33-36-26-25-32(42(30-21-17-28(3)18-22-30)31-23-19-29(4)20-24-31)27-40(36)41(37(33)6-2)38-15-10-8-13-34(38)35-14-9-11-16-39(35)41/h5-27H,1-4H3/b7-5+,33-12-,37-6+. The van der Waals surface area contributed by atoms with Crippen LogP contribution < -0.4 is 4.90 Å². The number of anilines is 3. The Kier molecular flexibility index (Phi) is 6.32. The number of aryl methyl sites for hydroxylation is 2. The molecule has 1 spiro atoms. The van der Waals surface area contributed by atoms with Gasteiger partial charge in [-0.25, -0.2) is 0 Å². The molecule has 0 atom stereocenters. The Morgan fingerprint density at radius 1 is 0.548 bits per heavy atom. The smallest absolute Gasteiger partial charge is 0.0723 e. The van der Waals surface area contributed by atoms with Gasteiger partial charge in [-0.1, -0.05) is 114 Å². The zero-order valence-corrected chi connectivity index (χ0v) is 24.7. The van der Waals surface area contributed by atoms with E-state index in [4.69, 9.17) is 0 Å². The lowest BCUT2D eigenvalue weighted by Crippen LogP contribution is -2.26. The summed E-state index contributed by atoms with van der Waals surface area (Å²) in [5.74, 6) is 0. The lowest BCUT2D eigenvalue weighted by atomic mass is 9.70. The average molecular weight is 542 g/mol. The van der Waals surface area contributed by atoms with Crippen molar-refractivity contribution in [1.29, 1.82) is 0 Å². The maximum absolute atomic E-state index is 2.45. The van der Waals surface area contributed by atoms with Gasteiger partial charge in [0.25, 0.3) is 0 Å². The molecule has 7 rings (SSSR count). The van der Waals surface area contributed by atoms with Gasteiger partial charge in [0.2, 0.25) is 0 Å². The summed E-state index contributed by atoms with van der Waals surface area (Å²) in [6, 6.07) is 42.8. The predicted molar refractivity (Wildman–Crippen MR) is 179 cm³/mol. The molecular weight excluding hydrogens is 506 g/mol. The van der Waals surface area contributed by atoms with E-state index in [1.54, 1.807) is 0 Å². The van der Waals surface area contributed by atoms with Crippen LogP contribution >= 0.6 is 0 Å². The number of hydrogen-bond donors (Lipinski definition) is 0. The molecule has 2 aliphatic rings. The zero-order chi connectivity index (χ0) is 28.8. The van der Waals surface area contributed by atoms with E-state index in [0.717, 1.165) is 17.1 Å². The molecule has 42 heavy (non-hydrogen) atoms. The quantitative estimate of drug-likeness (QED) is 0.219. The number of rotatable bonds is 4. The summed E-state index contributed by atoms with van der Waals surface area (Å²) in [6.45, 7) is 8.57. The zero-order valence-electron chi connectivity index (χ0n) is 24.7. The minimum Gasteiger partial charge on any atom is -0.310 e. The molecule has 0 fully saturated rings. The minimum atomic E-state index is -0.382. The van der Waals surface area contributed by atoms with E-state index in [9.17, 15) is 0 Å². The first-order chi connectivity index (χ1) is 20.6. The highest BCUT2D eigenvalue weighted by molar-refractivity contribution is 6.01. The van der Waals surface area contributed by atoms with Crippen LogP contribution in [0, 0.1) is 13.8 Å². The number of nitrogens with zero attached hydrogens (tertiary/aromatic N) is 1. The van der Waals surface area contributed by atoms with Crippen LogP contribution in [0.1, 0.15) is 47.2 Å². The Labute approximate surface area is 249 Å². The van der Waals surface area contributed by atoms with E-state index < -0.39 is 0 Å². The van der Waals surface area contributed by atoms with Gasteiger partial charge in [-0.2, -0.15) is 0 Å². The van der Waals surface area contributed by atoms with Crippen molar-refractivity contribution < 1.29 is 0 Å². The van der Waals surface area contributed by atoms with E-state index in [1.165, 1.54) is 55.7 Å². The van der Waals surface area contributed by atoms with Crippen molar-refractivity contribution in [2.45, 2.75) is 33.1 Å². The third kappa shape index (κ3) is 3.77. The number of hydrogen-bond acceptors (Lipinski definition) is 1. The van der Waals surface area contributed by atoms with Gasteiger partial charge >= 0.3 is 0 Å². The molecule has 5 aromatic rings. The lowest BCUT2D eigenvalue weighted by Gasteiger charge is -2.32. The highest BCUT2D eigenvalue weighted by atomic mass is 15.1. The van der Waals surface area contributed by atoms with Gasteiger partial charge in [-0.15, -0.1) is 0 Å². The molecule has 2 aliphatic carbocycles. The molecule has 1 nitrogen and oxygen atoms in total. The second kappa shape index (κ2) is 10.2. The Morgan fingerprint density at radius 3 is 1.60 bits per heavy atom. The van der Waals surface area contributed by atoms with Crippen molar-refractivity contribution in [2.24, 2.45) is 0 Å². The molecule has 0 saturated carbocycles. The van der Waals surface area contributed by atoms with Gasteiger partial charge in [0.15, 0.2) is 0 Å². The molecule has 0 aliphatic heterocycles. The second-order valence-electron chi connectivity index (χ2n) is 11.4. The molecule has 0 aromatic heterocycles. The molecule has 1 heteroatoms. The Morgan fingerprint density at radius 2 is 1.07 bits per heavy atom. The van der Waals surface area contributed by atoms with Crippen molar-refractivity contribution in [2.75, 3.05) is 4.90 Å². The van der Waals surface area contributed by atoms with E-state index in [1.807, 2.05) is 0 Å². The fourth-order valence-corrected chi connectivity index (χ4v) is 7.10. The SMILES string of the molecule is C/C=C/C=C1\C(=C/C)C2(c3cc(N(c4ccc(C)cc4)c4ccc(C)cc4)ccc31)c1ccccc1-c1ccccc12. The first kappa shape index (κ1) is 26.0. The highest BCUT2D eigenvalue weighted by Crippen LogP contribution is 2.64. The predicted octanol–water partition coefficient (Wildman–Crippen LogP) is 11.0. The second-order valence-corrected chi connectivity index (χ2v) is 11.4. The molecule has 0 amide bonds. The van der Waals surface area contributed by atoms with E-state index in [-0.39, 0.29) is 5.41 Å². The van der Waals surface area contributed by atoms with Crippen LogP contribution in [0.25, 0.3) is 16.7 Å². The fraction of sp³-hybridized carbons (Fsp3) is 0.122. The molecule has 0 radical (unpaired) electrons. The summed E-state index contributed by atoms with van der Waals surface area (Å²) in [5.41, 5.74) is 16.2. The van der Waals surface area contributed by atoms with Crippen LogP contribution in [-0.2, 0) is 5.41 Å². The number of fused-ring (bicyclic) bond motifs is 7. The maximum atomic E-state index is 2.45. The molecular formula is C41H35N. The normalized spacial score (nSPS) is 16.3. The van der Waals surface area contributed by atoms with Crippen LogP contribution in [-0.4, -0.2) is 0 Å². The molecule has 0 unspecified atom stereocenters. The van der Waals surface area contributed by atoms with Crippen LogP contribution in [0.15, 0.2) is 145 Å². The fourth-order valence-electron chi connectivity index (χ4n) is 7.10. The Bertz CT molecular complexity index is 1810. The molecule has 204 valence electrons. The van der Waals surface area contributed by atoms with Crippen molar-refractivity contribution in [3.05, 3.63) is 179 Å². The van der Waals surface area contributed by atoms with Crippen LogP contribution in [0.5, 0.6) is 0 Å². The van der Waals surface area contributed by atoms with Crippen LogP contribution in [0.4, 0.5) is 17.1 Å². The highest BCUT2D eigenvalue weighted by Gasteiger charge is 2.53. The lowest BCUT2D eigenvalue weighted by molar-refractivity contribution is 0.792. The van der Waals surface area contributed by atoms with Crippen molar-refractivity contribution in [3.8, 4) is 11.1 Å². The Hall–Kier alpha value is -4.88. The van der Waals surface area contributed by atoms with E-state index >= 15 is 0 Å².